The number of methoxy groups -OCH3 is 1. The Hall–Kier alpha value is -1.13. The lowest BCUT2D eigenvalue weighted by Crippen LogP contribution is -2.09. The van der Waals surface area contributed by atoms with Crippen molar-refractivity contribution in [2.24, 2.45) is 5.73 Å². The second-order valence-corrected chi connectivity index (χ2v) is 3.02. The maximum atomic E-state index is 12.9. The summed E-state index contributed by atoms with van der Waals surface area (Å²) in [4.78, 5) is 0. The van der Waals surface area contributed by atoms with Gasteiger partial charge in [0.25, 0.3) is 0 Å². The molecule has 0 amide bonds. The Labute approximate surface area is 82.6 Å². The third-order valence-corrected chi connectivity index (χ3v) is 1.79. The molecule has 2 N–H and O–H groups in total. The molecule has 14 heavy (non-hydrogen) atoms. The molecule has 0 aliphatic carbocycles. The number of rotatable bonds is 4. The molecule has 1 rings (SSSR count). The summed E-state index contributed by atoms with van der Waals surface area (Å²) in [7, 11) is 1.52. The van der Waals surface area contributed by atoms with Crippen molar-refractivity contribution in [2.45, 2.75) is 13.0 Å². The minimum Gasteiger partial charge on any atom is -0.467 e. The van der Waals surface area contributed by atoms with Crippen LogP contribution in [0.2, 0.25) is 0 Å². The van der Waals surface area contributed by atoms with Crippen LogP contribution in [0, 0.1) is 5.82 Å². The smallest absolute Gasteiger partial charge is 0.188 e. The summed E-state index contributed by atoms with van der Waals surface area (Å²) in [6.45, 7) is 1.90. The third-order valence-electron chi connectivity index (χ3n) is 1.79. The molecule has 78 valence electrons. The molecule has 0 aliphatic rings. The van der Waals surface area contributed by atoms with E-state index in [1.54, 1.807) is 13.0 Å². The monoisotopic (exact) mass is 199 g/mol. The van der Waals surface area contributed by atoms with Crippen LogP contribution in [-0.2, 0) is 4.74 Å². The van der Waals surface area contributed by atoms with Crippen molar-refractivity contribution in [1.29, 1.82) is 0 Å². The fourth-order valence-electron chi connectivity index (χ4n) is 1.13. The van der Waals surface area contributed by atoms with Crippen molar-refractivity contribution >= 4 is 0 Å². The number of ether oxygens (including phenoxy) is 2. The van der Waals surface area contributed by atoms with Gasteiger partial charge in [0.1, 0.15) is 11.6 Å². The first-order valence-electron chi connectivity index (χ1n) is 4.32. The fraction of sp³-hybridized carbons (Fsp3) is 0.400. The number of benzene rings is 1. The Balaban J connectivity index is 2.90. The van der Waals surface area contributed by atoms with E-state index >= 15 is 0 Å². The van der Waals surface area contributed by atoms with E-state index < -0.39 is 0 Å². The standard InChI is InChI=1S/C10H14FNO2/c1-7(12)9-5-8(11)3-4-10(9)14-6-13-2/h3-5,7H,6,12H2,1-2H3. The van der Waals surface area contributed by atoms with Crippen molar-refractivity contribution < 1.29 is 13.9 Å². The molecule has 0 bridgehead atoms. The Kier molecular flexibility index (Phi) is 3.85. The highest BCUT2D eigenvalue weighted by Gasteiger charge is 2.09. The van der Waals surface area contributed by atoms with E-state index in [2.05, 4.69) is 0 Å². The normalized spacial score (nSPS) is 12.6. The molecule has 1 aromatic carbocycles. The zero-order valence-electron chi connectivity index (χ0n) is 8.29. The Bertz CT molecular complexity index is 302. The molecule has 0 saturated carbocycles. The average molecular weight is 199 g/mol. The van der Waals surface area contributed by atoms with Gasteiger partial charge in [-0.3, -0.25) is 0 Å². The van der Waals surface area contributed by atoms with Crippen LogP contribution in [-0.4, -0.2) is 13.9 Å². The summed E-state index contributed by atoms with van der Waals surface area (Å²) in [5.74, 6) is 0.241. The minimum absolute atomic E-state index is 0.130. The van der Waals surface area contributed by atoms with Crippen molar-refractivity contribution in [3.05, 3.63) is 29.6 Å². The molecule has 1 atom stereocenters. The average Bonchev–Trinajstić information content (AvgIpc) is 2.15. The maximum Gasteiger partial charge on any atom is 0.188 e. The number of hydrogen-bond acceptors (Lipinski definition) is 3. The van der Waals surface area contributed by atoms with Gasteiger partial charge in [-0.15, -0.1) is 0 Å². The minimum atomic E-state index is -0.318. The summed E-state index contributed by atoms with van der Waals surface area (Å²) < 4.78 is 22.9. The van der Waals surface area contributed by atoms with Gasteiger partial charge in [0.15, 0.2) is 6.79 Å². The largest absolute Gasteiger partial charge is 0.467 e. The summed E-state index contributed by atoms with van der Waals surface area (Å²) in [5, 5.41) is 0. The lowest BCUT2D eigenvalue weighted by Gasteiger charge is -2.13. The fourth-order valence-corrected chi connectivity index (χ4v) is 1.13. The van der Waals surface area contributed by atoms with Gasteiger partial charge >= 0.3 is 0 Å². The van der Waals surface area contributed by atoms with Crippen molar-refractivity contribution in [1.82, 2.24) is 0 Å². The van der Waals surface area contributed by atoms with E-state index in [1.165, 1.54) is 19.2 Å². The molecule has 0 aromatic heterocycles. The summed E-state index contributed by atoms with van der Waals surface area (Å²) in [5.41, 5.74) is 6.31. The molecule has 0 spiro atoms. The molecule has 0 radical (unpaired) electrons. The van der Waals surface area contributed by atoms with Crippen LogP contribution in [0.3, 0.4) is 0 Å². The second kappa shape index (κ2) is 4.93. The predicted molar refractivity (Wildman–Crippen MR) is 51.5 cm³/mol. The van der Waals surface area contributed by atoms with E-state index in [0.29, 0.717) is 11.3 Å². The molecular formula is C10H14FNO2. The molecule has 0 fully saturated rings. The van der Waals surface area contributed by atoms with E-state index in [-0.39, 0.29) is 18.7 Å². The zero-order chi connectivity index (χ0) is 10.6. The van der Waals surface area contributed by atoms with Crippen LogP contribution >= 0.6 is 0 Å². The second-order valence-electron chi connectivity index (χ2n) is 3.02. The quantitative estimate of drug-likeness (QED) is 0.752. The Morgan fingerprint density at radius 2 is 2.21 bits per heavy atom. The van der Waals surface area contributed by atoms with Gasteiger partial charge in [-0.1, -0.05) is 0 Å². The van der Waals surface area contributed by atoms with E-state index in [9.17, 15) is 4.39 Å². The highest BCUT2D eigenvalue weighted by molar-refractivity contribution is 5.35. The zero-order valence-corrected chi connectivity index (χ0v) is 8.29. The Morgan fingerprint density at radius 1 is 1.50 bits per heavy atom. The number of nitrogens with two attached hydrogens (primary N) is 1. The van der Waals surface area contributed by atoms with Crippen LogP contribution in [0.1, 0.15) is 18.5 Å². The summed E-state index contributed by atoms with van der Waals surface area (Å²) in [6, 6.07) is 3.98. The van der Waals surface area contributed by atoms with Crippen LogP contribution < -0.4 is 10.5 Å². The van der Waals surface area contributed by atoms with Crippen LogP contribution in [0.5, 0.6) is 5.75 Å². The lowest BCUT2D eigenvalue weighted by molar-refractivity contribution is 0.0501. The van der Waals surface area contributed by atoms with Crippen LogP contribution in [0.4, 0.5) is 4.39 Å². The first kappa shape index (κ1) is 10.9. The molecule has 0 heterocycles. The van der Waals surface area contributed by atoms with Gasteiger partial charge in [0.2, 0.25) is 0 Å². The van der Waals surface area contributed by atoms with Gasteiger partial charge in [0.05, 0.1) is 0 Å². The maximum absolute atomic E-state index is 12.9. The molecule has 4 heteroatoms. The summed E-state index contributed by atoms with van der Waals surface area (Å²) >= 11 is 0. The third kappa shape index (κ3) is 2.68. The molecule has 3 nitrogen and oxygen atoms in total. The molecule has 1 unspecified atom stereocenters. The van der Waals surface area contributed by atoms with Crippen molar-refractivity contribution in [3.63, 3.8) is 0 Å². The molecule has 0 saturated heterocycles. The van der Waals surface area contributed by atoms with Gasteiger partial charge in [-0.05, 0) is 25.1 Å². The molecular weight excluding hydrogens is 185 g/mol. The molecule has 0 aliphatic heterocycles. The summed E-state index contributed by atoms with van der Waals surface area (Å²) in [6.07, 6.45) is 0. The van der Waals surface area contributed by atoms with Gasteiger partial charge in [-0.2, -0.15) is 0 Å². The van der Waals surface area contributed by atoms with Gasteiger partial charge in [-0.25, -0.2) is 4.39 Å². The highest BCUT2D eigenvalue weighted by Crippen LogP contribution is 2.24. The number of hydrogen-bond donors (Lipinski definition) is 1. The predicted octanol–water partition coefficient (Wildman–Crippen LogP) is 1.83. The lowest BCUT2D eigenvalue weighted by atomic mass is 10.1. The van der Waals surface area contributed by atoms with Crippen molar-refractivity contribution in [3.8, 4) is 5.75 Å². The Morgan fingerprint density at radius 3 is 2.79 bits per heavy atom. The van der Waals surface area contributed by atoms with E-state index in [4.69, 9.17) is 15.2 Å². The van der Waals surface area contributed by atoms with Crippen LogP contribution in [0.15, 0.2) is 18.2 Å². The molecule has 1 aromatic rings. The highest BCUT2D eigenvalue weighted by atomic mass is 19.1. The van der Waals surface area contributed by atoms with Crippen molar-refractivity contribution in [2.75, 3.05) is 13.9 Å². The topological polar surface area (TPSA) is 44.5 Å². The van der Waals surface area contributed by atoms with Crippen LogP contribution in [0.25, 0.3) is 0 Å². The first-order chi connectivity index (χ1) is 6.65. The number of halogens is 1. The van der Waals surface area contributed by atoms with E-state index in [0.717, 1.165) is 0 Å². The van der Waals surface area contributed by atoms with Gasteiger partial charge in [0, 0.05) is 18.7 Å². The SMILES string of the molecule is COCOc1ccc(F)cc1C(C)N. The first-order valence-corrected chi connectivity index (χ1v) is 4.32. The van der Waals surface area contributed by atoms with Gasteiger partial charge < -0.3 is 15.2 Å². The van der Waals surface area contributed by atoms with E-state index in [1.807, 2.05) is 0 Å².